The number of nitrogens with one attached hydrogen (secondary N) is 2. The summed E-state index contributed by atoms with van der Waals surface area (Å²) in [4.78, 5) is 0. The molecule has 0 bridgehead atoms. The molecule has 1 aliphatic heterocycles. The fourth-order valence-corrected chi connectivity index (χ4v) is 5.04. The molecule has 1 heterocycles. The van der Waals surface area contributed by atoms with Gasteiger partial charge in [-0.1, -0.05) is 35.9 Å². The Morgan fingerprint density at radius 1 is 1.00 bits per heavy atom. The Balaban J connectivity index is 0.00000259. The molecule has 0 spiro atoms. The van der Waals surface area contributed by atoms with E-state index < -0.39 is 0 Å². The highest BCUT2D eigenvalue weighted by molar-refractivity contribution is 6.32. The second-order valence-electron chi connectivity index (χ2n) is 8.41. The molecule has 1 saturated heterocycles. The lowest BCUT2D eigenvalue weighted by Gasteiger charge is -2.26. The number of halogens is 3. The summed E-state index contributed by atoms with van der Waals surface area (Å²) in [6, 6.07) is 20.0. The summed E-state index contributed by atoms with van der Waals surface area (Å²) in [5, 5.41) is 7.44. The van der Waals surface area contributed by atoms with Crippen molar-refractivity contribution in [1.29, 1.82) is 0 Å². The average Bonchev–Trinajstić information content (AvgIpc) is 3.32. The molecule has 0 amide bonds. The molecular weight excluding hydrogens is 458 g/mol. The molecule has 2 aliphatic rings. The fraction of sp³-hybridized carbons (Fsp3) is 0.259. The van der Waals surface area contributed by atoms with Gasteiger partial charge in [0.25, 0.3) is 0 Å². The second kappa shape index (κ2) is 10.2. The van der Waals surface area contributed by atoms with Gasteiger partial charge in [0.1, 0.15) is 11.6 Å². The number of hydrogen-bond acceptors (Lipinski definition) is 3. The molecule has 1 atom stereocenters. The van der Waals surface area contributed by atoms with Crippen LogP contribution in [0.1, 0.15) is 35.1 Å². The van der Waals surface area contributed by atoms with E-state index in [9.17, 15) is 4.39 Å². The zero-order valence-corrected chi connectivity index (χ0v) is 20.0. The lowest BCUT2D eigenvalue weighted by atomic mass is 9.79. The van der Waals surface area contributed by atoms with Gasteiger partial charge in [0.15, 0.2) is 0 Å². The number of ether oxygens (including phenoxy) is 1. The van der Waals surface area contributed by atoms with E-state index in [0.29, 0.717) is 11.1 Å². The van der Waals surface area contributed by atoms with Gasteiger partial charge in [-0.15, -0.1) is 12.4 Å². The standard InChI is InChI=1S/C27H26ClFN2O.ClH/c1-32-22-9-4-17-5-10-24(23-11-6-19(29)14-26(23)28)27(25(17)15-22)18-2-7-20(8-3-18)31-21-12-13-30-16-21;/h2-4,6-9,11,14-15,21,30-31H,5,10,12-13,16H2,1H3;1H/t21-;/m0./s1. The van der Waals surface area contributed by atoms with Crippen LogP contribution in [-0.2, 0) is 6.42 Å². The maximum absolute atomic E-state index is 13.8. The molecule has 0 unspecified atom stereocenters. The van der Waals surface area contributed by atoms with Crippen molar-refractivity contribution in [2.75, 3.05) is 25.5 Å². The van der Waals surface area contributed by atoms with E-state index in [1.165, 1.54) is 17.7 Å². The van der Waals surface area contributed by atoms with Gasteiger partial charge in [-0.05, 0) is 95.6 Å². The first-order valence-corrected chi connectivity index (χ1v) is 11.4. The third-order valence-electron chi connectivity index (χ3n) is 6.39. The molecule has 33 heavy (non-hydrogen) atoms. The van der Waals surface area contributed by atoms with Crippen molar-refractivity contribution in [3.63, 3.8) is 0 Å². The lowest BCUT2D eigenvalue weighted by Crippen LogP contribution is -2.21. The number of rotatable bonds is 5. The first-order valence-electron chi connectivity index (χ1n) is 11.1. The lowest BCUT2D eigenvalue weighted by molar-refractivity contribution is 0.414. The highest BCUT2D eigenvalue weighted by atomic mass is 35.5. The number of benzene rings is 3. The summed E-state index contributed by atoms with van der Waals surface area (Å²) in [7, 11) is 1.68. The van der Waals surface area contributed by atoms with Crippen molar-refractivity contribution in [2.45, 2.75) is 25.3 Å². The maximum atomic E-state index is 13.8. The van der Waals surface area contributed by atoms with E-state index >= 15 is 0 Å². The van der Waals surface area contributed by atoms with E-state index in [2.05, 4.69) is 47.0 Å². The number of anilines is 1. The molecule has 1 fully saturated rings. The predicted molar refractivity (Wildman–Crippen MR) is 137 cm³/mol. The van der Waals surface area contributed by atoms with Crippen LogP contribution < -0.4 is 15.4 Å². The zero-order chi connectivity index (χ0) is 22.1. The topological polar surface area (TPSA) is 33.3 Å². The predicted octanol–water partition coefficient (Wildman–Crippen LogP) is 6.59. The summed E-state index contributed by atoms with van der Waals surface area (Å²) in [6.07, 6.45) is 2.88. The molecule has 0 aromatic heterocycles. The average molecular weight is 485 g/mol. The van der Waals surface area contributed by atoms with Gasteiger partial charge < -0.3 is 15.4 Å². The van der Waals surface area contributed by atoms with Crippen molar-refractivity contribution in [2.24, 2.45) is 0 Å². The van der Waals surface area contributed by atoms with E-state index in [4.69, 9.17) is 16.3 Å². The third kappa shape index (κ3) is 4.89. The molecule has 172 valence electrons. The van der Waals surface area contributed by atoms with Crippen molar-refractivity contribution >= 4 is 40.8 Å². The molecule has 5 rings (SSSR count). The first-order chi connectivity index (χ1) is 15.6. The second-order valence-corrected chi connectivity index (χ2v) is 8.82. The van der Waals surface area contributed by atoms with Gasteiger partial charge >= 0.3 is 0 Å². The molecule has 3 nitrogen and oxygen atoms in total. The van der Waals surface area contributed by atoms with Crippen LogP contribution in [0.5, 0.6) is 5.75 Å². The Labute approximate surface area is 205 Å². The van der Waals surface area contributed by atoms with E-state index in [1.807, 2.05) is 6.07 Å². The monoisotopic (exact) mass is 484 g/mol. The van der Waals surface area contributed by atoms with Crippen LogP contribution in [0, 0.1) is 5.82 Å². The van der Waals surface area contributed by atoms with E-state index in [1.54, 1.807) is 13.2 Å². The Kier molecular flexibility index (Phi) is 7.28. The summed E-state index contributed by atoms with van der Waals surface area (Å²) < 4.78 is 19.3. The number of aryl methyl sites for hydroxylation is 1. The Morgan fingerprint density at radius 2 is 1.82 bits per heavy atom. The van der Waals surface area contributed by atoms with Gasteiger partial charge in [0.2, 0.25) is 0 Å². The first kappa shape index (κ1) is 23.6. The minimum absolute atomic E-state index is 0. The van der Waals surface area contributed by atoms with Crippen molar-refractivity contribution < 1.29 is 9.13 Å². The van der Waals surface area contributed by atoms with Crippen LogP contribution in [0.25, 0.3) is 11.1 Å². The largest absolute Gasteiger partial charge is 0.497 e. The SMILES string of the molecule is COc1ccc2c(c1)C(c1ccc(N[C@H]3CCNC3)cc1)=C(c1ccc(F)cc1Cl)CC2.Cl. The highest BCUT2D eigenvalue weighted by Gasteiger charge is 2.24. The molecule has 2 N–H and O–H groups in total. The number of methoxy groups -OCH3 is 1. The van der Waals surface area contributed by atoms with Gasteiger partial charge in [-0.2, -0.15) is 0 Å². The zero-order valence-electron chi connectivity index (χ0n) is 18.5. The molecule has 0 radical (unpaired) electrons. The van der Waals surface area contributed by atoms with E-state index in [-0.39, 0.29) is 18.2 Å². The summed E-state index contributed by atoms with van der Waals surface area (Å²) in [6.45, 7) is 2.05. The fourth-order valence-electron chi connectivity index (χ4n) is 4.76. The van der Waals surface area contributed by atoms with Crippen LogP contribution >= 0.6 is 24.0 Å². The molecule has 0 saturated carbocycles. The minimum atomic E-state index is -0.324. The number of fused-ring (bicyclic) bond motifs is 1. The molecule has 6 heteroatoms. The van der Waals surface area contributed by atoms with Gasteiger partial charge in [0, 0.05) is 18.3 Å². The summed E-state index contributed by atoms with van der Waals surface area (Å²) >= 11 is 6.51. The normalized spacial score (nSPS) is 17.4. The summed E-state index contributed by atoms with van der Waals surface area (Å²) in [5.41, 5.74) is 7.81. The molecule has 3 aromatic carbocycles. The van der Waals surface area contributed by atoms with Crippen LogP contribution in [0.15, 0.2) is 60.7 Å². The van der Waals surface area contributed by atoms with Gasteiger partial charge in [0.05, 0.1) is 12.1 Å². The Bertz CT molecular complexity index is 1170. The van der Waals surface area contributed by atoms with Crippen molar-refractivity contribution in [3.05, 3.63) is 93.8 Å². The van der Waals surface area contributed by atoms with Crippen molar-refractivity contribution in [3.8, 4) is 5.75 Å². The van der Waals surface area contributed by atoms with Crippen molar-refractivity contribution in [1.82, 2.24) is 5.32 Å². The number of hydrogen-bond donors (Lipinski definition) is 2. The van der Waals surface area contributed by atoms with Gasteiger partial charge in [-0.25, -0.2) is 4.39 Å². The quantitative estimate of drug-likeness (QED) is 0.428. The third-order valence-corrected chi connectivity index (χ3v) is 6.71. The summed E-state index contributed by atoms with van der Waals surface area (Å²) in [5.74, 6) is 0.496. The van der Waals surface area contributed by atoms with Crippen LogP contribution in [-0.4, -0.2) is 26.2 Å². The van der Waals surface area contributed by atoms with E-state index in [0.717, 1.165) is 71.6 Å². The van der Waals surface area contributed by atoms with Crippen LogP contribution in [0.4, 0.5) is 10.1 Å². The molecule has 1 aliphatic carbocycles. The molecule has 3 aromatic rings. The van der Waals surface area contributed by atoms with Crippen LogP contribution in [0.2, 0.25) is 5.02 Å². The highest BCUT2D eigenvalue weighted by Crippen LogP contribution is 2.43. The maximum Gasteiger partial charge on any atom is 0.124 e. The molecular formula is C27H27Cl2FN2O. The minimum Gasteiger partial charge on any atom is -0.497 e. The van der Waals surface area contributed by atoms with Gasteiger partial charge in [-0.3, -0.25) is 0 Å². The number of allylic oxidation sites excluding steroid dienone is 1. The smallest absolute Gasteiger partial charge is 0.124 e. The Morgan fingerprint density at radius 3 is 2.52 bits per heavy atom. The van der Waals surface area contributed by atoms with Crippen LogP contribution in [0.3, 0.4) is 0 Å². The Hall–Kier alpha value is -2.53.